The minimum Gasteiger partial charge on any atom is -0.419 e. The summed E-state index contributed by atoms with van der Waals surface area (Å²) < 4.78 is 10.7. The Balaban J connectivity index is 1.69. The molecule has 0 bridgehead atoms. The van der Waals surface area contributed by atoms with E-state index in [2.05, 4.69) is 15.5 Å². The van der Waals surface area contributed by atoms with E-state index in [0.29, 0.717) is 31.5 Å². The molecule has 0 unspecified atom stereocenters. The van der Waals surface area contributed by atoms with E-state index < -0.39 is 0 Å². The number of benzene rings is 1. The Morgan fingerprint density at radius 2 is 2.00 bits per heavy atom. The summed E-state index contributed by atoms with van der Waals surface area (Å²) in [6.07, 6.45) is 0.875. The number of nitrogens with one attached hydrogen (secondary N) is 1. The van der Waals surface area contributed by atoms with Crippen LogP contribution in [0.2, 0.25) is 0 Å². The standard InChI is InChI=1S/C14H19N3O3/c18-8-10-19-9-4-7-15-11-13-16-17-14(20-13)12-5-2-1-3-6-12/h1-3,5-6,15,18H,4,7-11H2. The predicted molar refractivity (Wildman–Crippen MR) is 74.0 cm³/mol. The maximum Gasteiger partial charge on any atom is 0.247 e. The molecule has 0 atom stereocenters. The highest BCUT2D eigenvalue weighted by Crippen LogP contribution is 2.16. The van der Waals surface area contributed by atoms with Crippen molar-refractivity contribution in [2.45, 2.75) is 13.0 Å². The van der Waals surface area contributed by atoms with Crippen LogP contribution in [-0.4, -0.2) is 41.7 Å². The van der Waals surface area contributed by atoms with Crippen molar-refractivity contribution in [3.8, 4) is 11.5 Å². The Hall–Kier alpha value is -1.76. The minimum absolute atomic E-state index is 0.0671. The van der Waals surface area contributed by atoms with Gasteiger partial charge in [-0.15, -0.1) is 10.2 Å². The van der Waals surface area contributed by atoms with E-state index in [1.54, 1.807) is 0 Å². The summed E-state index contributed by atoms with van der Waals surface area (Å²) in [5.74, 6) is 1.11. The topological polar surface area (TPSA) is 80.4 Å². The molecule has 2 aromatic rings. The summed E-state index contributed by atoms with van der Waals surface area (Å²) in [5.41, 5.74) is 0.920. The molecule has 0 saturated heterocycles. The SMILES string of the molecule is OCCOCCCNCc1nnc(-c2ccccc2)o1. The Bertz CT molecular complexity index is 487. The van der Waals surface area contributed by atoms with E-state index in [-0.39, 0.29) is 6.61 Å². The van der Waals surface area contributed by atoms with E-state index >= 15 is 0 Å². The lowest BCUT2D eigenvalue weighted by Crippen LogP contribution is -2.17. The molecule has 2 N–H and O–H groups in total. The molecule has 6 nitrogen and oxygen atoms in total. The second-order valence-electron chi connectivity index (χ2n) is 4.23. The van der Waals surface area contributed by atoms with E-state index in [1.165, 1.54) is 0 Å². The Labute approximate surface area is 117 Å². The van der Waals surface area contributed by atoms with Gasteiger partial charge in [0.2, 0.25) is 11.8 Å². The lowest BCUT2D eigenvalue weighted by molar-refractivity contribution is 0.0906. The molecule has 0 fully saturated rings. The molecular weight excluding hydrogens is 258 g/mol. The lowest BCUT2D eigenvalue weighted by atomic mass is 10.2. The first-order valence-electron chi connectivity index (χ1n) is 6.67. The minimum atomic E-state index is 0.0671. The second kappa shape index (κ2) is 8.42. The molecule has 108 valence electrons. The van der Waals surface area contributed by atoms with Gasteiger partial charge < -0.3 is 19.6 Å². The van der Waals surface area contributed by atoms with Gasteiger partial charge in [-0.25, -0.2) is 0 Å². The van der Waals surface area contributed by atoms with Gasteiger partial charge in [0, 0.05) is 12.2 Å². The molecule has 0 aliphatic carbocycles. The highest BCUT2D eigenvalue weighted by Gasteiger charge is 2.07. The van der Waals surface area contributed by atoms with Gasteiger partial charge in [-0.1, -0.05) is 18.2 Å². The third-order valence-corrected chi connectivity index (χ3v) is 2.64. The lowest BCUT2D eigenvalue weighted by Gasteiger charge is -2.02. The molecule has 6 heteroatoms. The van der Waals surface area contributed by atoms with E-state index in [1.807, 2.05) is 30.3 Å². The highest BCUT2D eigenvalue weighted by molar-refractivity contribution is 5.51. The van der Waals surface area contributed by atoms with Crippen molar-refractivity contribution in [3.05, 3.63) is 36.2 Å². The van der Waals surface area contributed by atoms with E-state index in [0.717, 1.165) is 18.5 Å². The zero-order chi connectivity index (χ0) is 14.0. The third-order valence-electron chi connectivity index (χ3n) is 2.64. The fourth-order valence-corrected chi connectivity index (χ4v) is 1.68. The van der Waals surface area contributed by atoms with Gasteiger partial charge in [0.1, 0.15) is 0 Å². The van der Waals surface area contributed by atoms with Crippen LogP contribution in [0, 0.1) is 0 Å². The van der Waals surface area contributed by atoms with Crippen LogP contribution < -0.4 is 5.32 Å². The Kier molecular flexibility index (Phi) is 6.16. The number of hydrogen-bond acceptors (Lipinski definition) is 6. The molecule has 0 aliphatic rings. The molecule has 0 radical (unpaired) electrons. The van der Waals surface area contributed by atoms with Crippen LogP contribution in [0.1, 0.15) is 12.3 Å². The van der Waals surface area contributed by atoms with Crippen molar-refractivity contribution in [1.29, 1.82) is 0 Å². The smallest absolute Gasteiger partial charge is 0.247 e. The zero-order valence-electron chi connectivity index (χ0n) is 11.3. The number of ether oxygens (including phenoxy) is 1. The fourth-order valence-electron chi connectivity index (χ4n) is 1.68. The first-order valence-corrected chi connectivity index (χ1v) is 6.67. The number of nitrogens with zero attached hydrogens (tertiary/aromatic N) is 2. The van der Waals surface area contributed by atoms with Crippen molar-refractivity contribution in [1.82, 2.24) is 15.5 Å². The zero-order valence-corrected chi connectivity index (χ0v) is 11.3. The molecule has 20 heavy (non-hydrogen) atoms. The Morgan fingerprint density at radius 3 is 2.80 bits per heavy atom. The summed E-state index contributed by atoms with van der Waals surface area (Å²) in [6.45, 7) is 2.43. The van der Waals surface area contributed by atoms with Crippen molar-refractivity contribution in [3.63, 3.8) is 0 Å². The number of aliphatic hydroxyl groups excluding tert-OH is 1. The summed E-state index contributed by atoms with van der Waals surface area (Å²) in [5, 5.41) is 19.8. The average Bonchev–Trinajstić information content (AvgIpc) is 2.96. The van der Waals surface area contributed by atoms with Crippen molar-refractivity contribution in [2.75, 3.05) is 26.4 Å². The van der Waals surface area contributed by atoms with Gasteiger partial charge in [0.25, 0.3) is 0 Å². The number of aromatic nitrogens is 2. The maximum absolute atomic E-state index is 8.55. The quantitative estimate of drug-likeness (QED) is 0.671. The van der Waals surface area contributed by atoms with Gasteiger partial charge in [0.05, 0.1) is 19.8 Å². The third kappa shape index (κ3) is 4.73. The summed E-state index contributed by atoms with van der Waals surface area (Å²) >= 11 is 0. The van der Waals surface area contributed by atoms with Crippen LogP contribution in [0.4, 0.5) is 0 Å². The number of hydrogen-bond donors (Lipinski definition) is 2. The van der Waals surface area contributed by atoms with Crippen LogP contribution in [0.5, 0.6) is 0 Å². The van der Waals surface area contributed by atoms with Gasteiger partial charge in [-0.2, -0.15) is 0 Å². The molecule has 1 aromatic heterocycles. The Morgan fingerprint density at radius 1 is 1.15 bits per heavy atom. The van der Waals surface area contributed by atoms with Crippen LogP contribution in [0.3, 0.4) is 0 Å². The van der Waals surface area contributed by atoms with E-state index in [4.69, 9.17) is 14.3 Å². The molecule has 1 heterocycles. The molecule has 2 rings (SSSR count). The fraction of sp³-hybridized carbons (Fsp3) is 0.429. The summed E-state index contributed by atoms with van der Waals surface area (Å²) in [7, 11) is 0. The molecule has 1 aromatic carbocycles. The summed E-state index contributed by atoms with van der Waals surface area (Å²) in [6, 6.07) is 9.68. The molecule has 0 amide bonds. The van der Waals surface area contributed by atoms with E-state index in [9.17, 15) is 0 Å². The number of aliphatic hydroxyl groups is 1. The molecular formula is C14H19N3O3. The van der Waals surface area contributed by atoms with Crippen LogP contribution in [0.15, 0.2) is 34.7 Å². The number of rotatable bonds is 9. The molecule has 0 spiro atoms. The van der Waals surface area contributed by atoms with Gasteiger partial charge in [-0.3, -0.25) is 0 Å². The average molecular weight is 277 g/mol. The first kappa shape index (κ1) is 14.6. The van der Waals surface area contributed by atoms with Gasteiger partial charge in [-0.05, 0) is 25.1 Å². The van der Waals surface area contributed by atoms with Crippen molar-refractivity contribution in [2.24, 2.45) is 0 Å². The second-order valence-corrected chi connectivity index (χ2v) is 4.23. The normalized spacial score (nSPS) is 10.8. The van der Waals surface area contributed by atoms with Gasteiger partial charge in [0.15, 0.2) is 0 Å². The summed E-state index contributed by atoms with van der Waals surface area (Å²) in [4.78, 5) is 0. The van der Waals surface area contributed by atoms with Gasteiger partial charge >= 0.3 is 0 Å². The first-order chi connectivity index (χ1) is 9.90. The van der Waals surface area contributed by atoms with Crippen molar-refractivity contribution < 1.29 is 14.3 Å². The van der Waals surface area contributed by atoms with Crippen LogP contribution in [0.25, 0.3) is 11.5 Å². The van der Waals surface area contributed by atoms with Crippen LogP contribution >= 0.6 is 0 Å². The van der Waals surface area contributed by atoms with Crippen molar-refractivity contribution >= 4 is 0 Å². The molecule has 0 aliphatic heterocycles. The monoisotopic (exact) mass is 277 g/mol. The van der Waals surface area contributed by atoms with Crippen LogP contribution in [-0.2, 0) is 11.3 Å². The molecule has 0 saturated carbocycles. The highest BCUT2D eigenvalue weighted by atomic mass is 16.5. The predicted octanol–water partition coefficient (Wildman–Crippen LogP) is 1.23. The maximum atomic E-state index is 8.55. The largest absolute Gasteiger partial charge is 0.419 e.